The molecule has 3 aromatic rings. The van der Waals surface area contributed by atoms with E-state index in [1.54, 1.807) is 10.4 Å². The van der Waals surface area contributed by atoms with E-state index in [2.05, 4.69) is 10.2 Å². The van der Waals surface area contributed by atoms with Gasteiger partial charge in [0.15, 0.2) is 0 Å². The lowest BCUT2D eigenvalue weighted by molar-refractivity contribution is 0.291. The van der Waals surface area contributed by atoms with Crippen molar-refractivity contribution in [1.82, 2.24) is 14.5 Å². The molecule has 5 rings (SSSR count). The third-order valence-electron chi connectivity index (χ3n) is 6.50. The standard InChI is InChI=1S/C24H27N3O3S/c1-17-6-8-19(9-7-17)23-25-26-24(30-23)20-12-14-27(15-13-20)31(28,29)22-11-10-18-4-2-3-5-21(18)16-22/h6-11,16,20H,2-5,12-15H2,1H3. The van der Waals surface area contributed by atoms with Crippen molar-refractivity contribution < 1.29 is 12.8 Å². The number of hydrogen-bond acceptors (Lipinski definition) is 5. The topological polar surface area (TPSA) is 76.3 Å². The highest BCUT2D eigenvalue weighted by molar-refractivity contribution is 7.89. The quantitative estimate of drug-likeness (QED) is 0.601. The first-order valence-corrected chi connectivity index (χ1v) is 12.5. The van der Waals surface area contributed by atoms with Gasteiger partial charge in [0.1, 0.15) is 0 Å². The van der Waals surface area contributed by atoms with E-state index in [9.17, 15) is 8.42 Å². The smallest absolute Gasteiger partial charge is 0.247 e. The van der Waals surface area contributed by atoms with Crippen LogP contribution in [0.2, 0.25) is 0 Å². The molecule has 0 saturated carbocycles. The van der Waals surface area contributed by atoms with E-state index < -0.39 is 10.0 Å². The maximum absolute atomic E-state index is 13.2. The molecule has 0 unspecified atom stereocenters. The fourth-order valence-electron chi connectivity index (χ4n) is 4.57. The van der Waals surface area contributed by atoms with Crippen LogP contribution in [0.1, 0.15) is 54.2 Å². The third-order valence-corrected chi connectivity index (χ3v) is 8.39. The number of nitrogens with zero attached hydrogens (tertiary/aromatic N) is 3. The van der Waals surface area contributed by atoms with Gasteiger partial charge in [-0.1, -0.05) is 23.8 Å². The summed E-state index contributed by atoms with van der Waals surface area (Å²) in [6.07, 6.45) is 5.71. The molecule has 2 aromatic carbocycles. The van der Waals surface area contributed by atoms with Crippen molar-refractivity contribution in [3.63, 3.8) is 0 Å². The predicted molar refractivity (Wildman–Crippen MR) is 118 cm³/mol. The van der Waals surface area contributed by atoms with Crippen molar-refractivity contribution in [2.75, 3.05) is 13.1 Å². The molecule has 162 valence electrons. The maximum Gasteiger partial charge on any atom is 0.247 e. The molecular formula is C24H27N3O3S. The molecule has 0 amide bonds. The largest absolute Gasteiger partial charge is 0.420 e. The number of benzene rings is 2. The molecule has 1 aromatic heterocycles. The van der Waals surface area contributed by atoms with Crippen LogP contribution >= 0.6 is 0 Å². The van der Waals surface area contributed by atoms with Gasteiger partial charge in [0.05, 0.1) is 4.90 Å². The van der Waals surface area contributed by atoms with E-state index in [4.69, 9.17) is 4.42 Å². The Morgan fingerprint density at radius 3 is 2.39 bits per heavy atom. The summed E-state index contributed by atoms with van der Waals surface area (Å²) in [5.41, 5.74) is 4.56. The van der Waals surface area contributed by atoms with Gasteiger partial charge in [-0.15, -0.1) is 10.2 Å². The van der Waals surface area contributed by atoms with Crippen molar-refractivity contribution in [2.45, 2.75) is 56.3 Å². The Bertz CT molecular complexity index is 1180. The summed E-state index contributed by atoms with van der Waals surface area (Å²) < 4.78 is 33.9. The monoisotopic (exact) mass is 437 g/mol. The Kier molecular flexibility index (Phi) is 5.40. The van der Waals surface area contributed by atoms with Crippen LogP contribution in [0, 0.1) is 6.92 Å². The second kappa shape index (κ2) is 8.20. The highest BCUT2D eigenvalue weighted by atomic mass is 32.2. The number of aryl methyl sites for hydroxylation is 3. The molecule has 2 aliphatic rings. The Balaban J connectivity index is 1.27. The lowest BCUT2D eigenvalue weighted by Crippen LogP contribution is -2.38. The molecule has 0 atom stereocenters. The molecule has 0 bridgehead atoms. The maximum atomic E-state index is 13.2. The molecule has 1 aliphatic carbocycles. The first kappa shape index (κ1) is 20.4. The molecule has 0 spiro atoms. The van der Waals surface area contributed by atoms with Gasteiger partial charge >= 0.3 is 0 Å². The number of sulfonamides is 1. The SMILES string of the molecule is Cc1ccc(-c2nnc(C3CCN(S(=O)(=O)c4ccc5c(c4)CCCC5)CC3)o2)cc1. The van der Waals surface area contributed by atoms with Crippen molar-refractivity contribution in [3.05, 3.63) is 65.0 Å². The molecule has 1 aliphatic heterocycles. The number of rotatable bonds is 4. The van der Waals surface area contributed by atoms with Crippen LogP contribution < -0.4 is 0 Å². The Labute approximate surface area is 183 Å². The Morgan fingerprint density at radius 2 is 1.65 bits per heavy atom. The molecule has 31 heavy (non-hydrogen) atoms. The van der Waals surface area contributed by atoms with Crippen molar-refractivity contribution in [3.8, 4) is 11.5 Å². The highest BCUT2D eigenvalue weighted by Gasteiger charge is 2.32. The molecular weight excluding hydrogens is 410 g/mol. The molecule has 6 nitrogen and oxygen atoms in total. The summed E-state index contributed by atoms with van der Waals surface area (Å²) >= 11 is 0. The van der Waals surface area contributed by atoms with Crippen molar-refractivity contribution in [1.29, 1.82) is 0 Å². The second-order valence-corrected chi connectivity index (χ2v) is 10.6. The van der Waals surface area contributed by atoms with Crippen LogP contribution in [0.15, 0.2) is 51.8 Å². The average molecular weight is 438 g/mol. The summed E-state index contributed by atoms with van der Waals surface area (Å²) in [6.45, 7) is 2.97. The van der Waals surface area contributed by atoms with Crippen molar-refractivity contribution in [2.24, 2.45) is 0 Å². The van der Waals surface area contributed by atoms with E-state index in [1.165, 1.54) is 23.1 Å². The van der Waals surface area contributed by atoms with E-state index in [0.29, 0.717) is 42.6 Å². The zero-order valence-corrected chi connectivity index (χ0v) is 18.6. The summed E-state index contributed by atoms with van der Waals surface area (Å²) in [6, 6.07) is 13.6. The number of aromatic nitrogens is 2. The van der Waals surface area contributed by atoms with E-state index in [1.807, 2.05) is 43.3 Å². The second-order valence-electron chi connectivity index (χ2n) is 8.63. The molecule has 7 heteroatoms. The summed E-state index contributed by atoms with van der Waals surface area (Å²) in [4.78, 5) is 0.422. The van der Waals surface area contributed by atoms with Crippen LogP contribution in [0.25, 0.3) is 11.5 Å². The van der Waals surface area contributed by atoms with Crippen LogP contribution in [0.5, 0.6) is 0 Å². The number of fused-ring (bicyclic) bond motifs is 1. The van der Waals surface area contributed by atoms with Gasteiger partial charge in [-0.05, 0) is 80.8 Å². The van der Waals surface area contributed by atoms with E-state index in [-0.39, 0.29) is 5.92 Å². The summed E-state index contributed by atoms with van der Waals surface area (Å²) in [5, 5.41) is 8.45. The zero-order valence-electron chi connectivity index (χ0n) is 17.8. The molecule has 0 N–H and O–H groups in total. The minimum absolute atomic E-state index is 0.0849. The molecule has 1 saturated heterocycles. The van der Waals surface area contributed by atoms with Gasteiger partial charge in [-0.25, -0.2) is 8.42 Å². The van der Waals surface area contributed by atoms with E-state index >= 15 is 0 Å². The predicted octanol–water partition coefficient (Wildman–Crippen LogP) is 4.49. The van der Waals surface area contributed by atoms with Crippen LogP contribution in [0.3, 0.4) is 0 Å². The average Bonchev–Trinajstić information content (AvgIpc) is 3.29. The molecule has 0 radical (unpaired) electrons. The third kappa shape index (κ3) is 4.04. The summed E-state index contributed by atoms with van der Waals surface area (Å²) in [7, 11) is -3.48. The van der Waals surface area contributed by atoms with E-state index in [0.717, 1.165) is 24.8 Å². The van der Waals surface area contributed by atoms with Gasteiger partial charge in [-0.2, -0.15) is 4.31 Å². The number of piperidine rings is 1. The van der Waals surface area contributed by atoms with Gasteiger partial charge < -0.3 is 4.42 Å². The summed E-state index contributed by atoms with van der Waals surface area (Å²) in [5.74, 6) is 1.20. The minimum atomic E-state index is -3.48. The Hall–Kier alpha value is -2.51. The fourth-order valence-corrected chi connectivity index (χ4v) is 6.10. The highest BCUT2D eigenvalue weighted by Crippen LogP contribution is 2.32. The van der Waals surface area contributed by atoms with Crippen LogP contribution in [0.4, 0.5) is 0 Å². The van der Waals surface area contributed by atoms with Gasteiger partial charge in [0.2, 0.25) is 21.8 Å². The first-order valence-electron chi connectivity index (χ1n) is 11.0. The lowest BCUT2D eigenvalue weighted by atomic mass is 9.92. The normalized spacial score (nSPS) is 18.1. The van der Waals surface area contributed by atoms with Gasteiger partial charge in [-0.3, -0.25) is 0 Å². The Morgan fingerprint density at radius 1 is 0.935 bits per heavy atom. The van der Waals surface area contributed by atoms with Crippen molar-refractivity contribution >= 4 is 10.0 Å². The first-order chi connectivity index (χ1) is 15.0. The van der Waals surface area contributed by atoms with Gasteiger partial charge in [0, 0.05) is 24.6 Å². The van der Waals surface area contributed by atoms with Gasteiger partial charge in [0.25, 0.3) is 0 Å². The lowest BCUT2D eigenvalue weighted by Gasteiger charge is -2.30. The zero-order chi connectivity index (χ0) is 21.4. The number of hydrogen-bond donors (Lipinski definition) is 0. The fraction of sp³-hybridized carbons (Fsp3) is 0.417. The minimum Gasteiger partial charge on any atom is -0.420 e. The molecule has 1 fully saturated rings. The van der Waals surface area contributed by atoms with Crippen LogP contribution in [-0.2, 0) is 22.9 Å². The van der Waals surface area contributed by atoms with Crippen LogP contribution in [-0.4, -0.2) is 36.0 Å². The molecule has 2 heterocycles.